The number of ether oxygens (including phenoxy) is 1. The van der Waals surface area contributed by atoms with Crippen LogP contribution in [-0.4, -0.2) is 44.7 Å². The number of aliphatic imine (C=N–C) groups is 1. The molecule has 1 rings (SSSR count). The van der Waals surface area contributed by atoms with Crippen molar-refractivity contribution in [3.8, 4) is 0 Å². The summed E-state index contributed by atoms with van der Waals surface area (Å²) in [6.45, 7) is 8.26. The SMILES string of the molecule is C=CCCCN(C)C(=NCC(OC)c1ccccc1)NCC.I. The fraction of sp³-hybridized carbons (Fsp3) is 0.500. The predicted octanol–water partition coefficient (Wildman–Crippen LogP) is 3.86. The largest absolute Gasteiger partial charge is 0.375 e. The number of guanidine groups is 1. The van der Waals surface area contributed by atoms with Crippen LogP contribution in [-0.2, 0) is 4.74 Å². The zero-order chi connectivity index (χ0) is 16.2. The Morgan fingerprint density at radius 2 is 2.09 bits per heavy atom. The number of unbranched alkanes of at least 4 members (excludes halogenated alkanes) is 1. The molecule has 5 heteroatoms. The van der Waals surface area contributed by atoms with E-state index < -0.39 is 0 Å². The lowest BCUT2D eigenvalue weighted by molar-refractivity contribution is 0.110. The summed E-state index contributed by atoms with van der Waals surface area (Å²) in [4.78, 5) is 6.88. The Hall–Kier alpha value is -1.08. The van der Waals surface area contributed by atoms with Gasteiger partial charge < -0.3 is 15.0 Å². The van der Waals surface area contributed by atoms with Gasteiger partial charge in [-0.15, -0.1) is 30.6 Å². The molecular formula is C18H30IN3O. The molecule has 4 nitrogen and oxygen atoms in total. The van der Waals surface area contributed by atoms with Crippen LogP contribution in [0.1, 0.15) is 31.4 Å². The molecule has 0 heterocycles. The number of hydrogen-bond donors (Lipinski definition) is 1. The number of benzene rings is 1. The standard InChI is InChI=1S/C18H29N3O.HI/c1-5-7-11-14-21(3)18(19-6-2)20-15-17(22-4)16-12-9-8-10-13-16;/h5,8-10,12-13,17H,1,6-7,11,14-15H2,2-4H3,(H,19,20);1H. The van der Waals surface area contributed by atoms with Gasteiger partial charge in [-0.2, -0.15) is 0 Å². The average molecular weight is 431 g/mol. The quantitative estimate of drug-likeness (QED) is 0.212. The van der Waals surface area contributed by atoms with Gasteiger partial charge in [0.05, 0.1) is 6.54 Å². The van der Waals surface area contributed by atoms with Crippen LogP contribution >= 0.6 is 24.0 Å². The second-order valence-electron chi connectivity index (χ2n) is 5.18. The Kier molecular flexibility index (Phi) is 12.7. The number of nitrogens with zero attached hydrogens (tertiary/aromatic N) is 2. The molecule has 1 aromatic rings. The summed E-state index contributed by atoms with van der Waals surface area (Å²) in [5, 5.41) is 3.33. The van der Waals surface area contributed by atoms with Crippen LogP contribution in [0.2, 0.25) is 0 Å². The van der Waals surface area contributed by atoms with Gasteiger partial charge in [0.25, 0.3) is 0 Å². The van der Waals surface area contributed by atoms with Gasteiger partial charge in [-0.05, 0) is 25.3 Å². The second-order valence-corrected chi connectivity index (χ2v) is 5.18. The van der Waals surface area contributed by atoms with E-state index in [1.807, 2.05) is 24.3 Å². The maximum Gasteiger partial charge on any atom is 0.193 e. The van der Waals surface area contributed by atoms with E-state index in [2.05, 4.69) is 42.9 Å². The van der Waals surface area contributed by atoms with E-state index in [-0.39, 0.29) is 30.1 Å². The van der Waals surface area contributed by atoms with Crippen molar-refractivity contribution in [1.82, 2.24) is 10.2 Å². The zero-order valence-electron chi connectivity index (χ0n) is 14.5. The first kappa shape index (κ1) is 21.9. The summed E-state index contributed by atoms with van der Waals surface area (Å²) in [5.41, 5.74) is 1.15. The van der Waals surface area contributed by atoms with E-state index in [4.69, 9.17) is 9.73 Å². The van der Waals surface area contributed by atoms with Crippen LogP contribution in [0.4, 0.5) is 0 Å². The highest BCUT2D eigenvalue weighted by atomic mass is 127. The lowest BCUT2D eigenvalue weighted by Crippen LogP contribution is -2.39. The van der Waals surface area contributed by atoms with Gasteiger partial charge in [0.2, 0.25) is 0 Å². The molecule has 1 unspecified atom stereocenters. The smallest absolute Gasteiger partial charge is 0.193 e. The van der Waals surface area contributed by atoms with Crippen molar-refractivity contribution in [3.05, 3.63) is 48.6 Å². The van der Waals surface area contributed by atoms with Crippen LogP contribution in [0.15, 0.2) is 48.0 Å². The molecule has 0 radical (unpaired) electrons. The van der Waals surface area contributed by atoms with Crippen molar-refractivity contribution in [2.24, 2.45) is 4.99 Å². The topological polar surface area (TPSA) is 36.9 Å². The lowest BCUT2D eigenvalue weighted by atomic mass is 10.1. The molecule has 1 N–H and O–H groups in total. The second kappa shape index (κ2) is 13.4. The van der Waals surface area contributed by atoms with E-state index in [1.165, 1.54) is 0 Å². The minimum absolute atomic E-state index is 0. The van der Waals surface area contributed by atoms with Gasteiger partial charge in [-0.3, -0.25) is 4.99 Å². The molecule has 0 aliphatic carbocycles. The summed E-state index contributed by atoms with van der Waals surface area (Å²) in [6.07, 6.45) is 4.04. The van der Waals surface area contributed by atoms with Crippen LogP contribution in [0.5, 0.6) is 0 Å². The minimum Gasteiger partial charge on any atom is -0.375 e. The summed E-state index contributed by atoms with van der Waals surface area (Å²) >= 11 is 0. The zero-order valence-corrected chi connectivity index (χ0v) is 16.8. The summed E-state index contributed by atoms with van der Waals surface area (Å²) in [5.74, 6) is 0.921. The highest BCUT2D eigenvalue weighted by Crippen LogP contribution is 2.16. The first-order valence-electron chi connectivity index (χ1n) is 7.91. The molecule has 0 aromatic heterocycles. The number of halogens is 1. The van der Waals surface area contributed by atoms with Crippen LogP contribution in [0.3, 0.4) is 0 Å². The molecule has 1 atom stereocenters. The Morgan fingerprint density at radius 3 is 2.65 bits per heavy atom. The van der Waals surface area contributed by atoms with Gasteiger partial charge in [0, 0.05) is 27.2 Å². The van der Waals surface area contributed by atoms with Crippen molar-refractivity contribution < 1.29 is 4.74 Å². The van der Waals surface area contributed by atoms with E-state index in [0.717, 1.165) is 37.5 Å². The molecule has 0 fully saturated rings. The van der Waals surface area contributed by atoms with Crippen molar-refractivity contribution in [3.63, 3.8) is 0 Å². The number of hydrogen-bond acceptors (Lipinski definition) is 2. The van der Waals surface area contributed by atoms with Crippen molar-refractivity contribution in [1.29, 1.82) is 0 Å². The molecule has 23 heavy (non-hydrogen) atoms. The fourth-order valence-corrected chi connectivity index (χ4v) is 2.20. The van der Waals surface area contributed by atoms with E-state index in [0.29, 0.717) is 6.54 Å². The van der Waals surface area contributed by atoms with E-state index in [1.54, 1.807) is 7.11 Å². The molecule has 0 bridgehead atoms. The molecule has 130 valence electrons. The van der Waals surface area contributed by atoms with E-state index >= 15 is 0 Å². The number of nitrogens with one attached hydrogen (secondary N) is 1. The van der Waals surface area contributed by atoms with Gasteiger partial charge in [-0.1, -0.05) is 36.4 Å². The van der Waals surface area contributed by atoms with Gasteiger partial charge >= 0.3 is 0 Å². The maximum atomic E-state index is 5.58. The average Bonchev–Trinajstić information content (AvgIpc) is 2.55. The maximum absolute atomic E-state index is 5.58. The van der Waals surface area contributed by atoms with Gasteiger partial charge in [0.15, 0.2) is 5.96 Å². The van der Waals surface area contributed by atoms with E-state index in [9.17, 15) is 0 Å². The normalized spacial score (nSPS) is 12.2. The first-order chi connectivity index (χ1) is 10.7. The summed E-state index contributed by atoms with van der Waals surface area (Å²) in [7, 11) is 3.79. The van der Waals surface area contributed by atoms with Crippen molar-refractivity contribution in [2.75, 3.05) is 33.8 Å². The molecule has 0 aliphatic rings. The van der Waals surface area contributed by atoms with Gasteiger partial charge in [0.1, 0.15) is 6.10 Å². The van der Waals surface area contributed by atoms with Gasteiger partial charge in [-0.25, -0.2) is 0 Å². The lowest BCUT2D eigenvalue weighted by Gasteiger charge is -2.23. The fourth-order valence-electron chi connectivity index (χ4n) is 2.20. The Bertz CT molecular complexity index is 451. The number of rotatable bonds is 9. The third kappa shape index (κ3) is 8.37. The molecule has 0 aliphatic heterocycles. The Labute approximate surface area is 158 Å². The Balaban J connectivity index is 0.00000484. The molecule has 1 aromatic carbocycles. The summed E-state index contributed by atoms with van der Waals surface area (Å²) in [6, 6.07) is 10.2. The minimum atomic E-state index is -0.0172. The predicted molar refractivity (Wildman–Crippen MR) is 110 cm³/mol. The third-order valence-electron chi connectivity index (χ3n) is 3.46. The molecular weight excluding hydrogens is 401 g/mol. The monoisotopic (exact) mass is 431 g/mol. The highest BCUT2D eigenvalue weighted by molar-refractivity contribution is 14.0. The van der Waals surface area contributed by atoms with Crippen LogP contribution < -0.4 is 5.32 Å². The highest BCUT2D eigenvalue weighted by Gasteiger charge is 2.11. The molecule has 0 saturated heterocycles. The number of methoxy groups -OCH3 is 1. The van der Waals surface area contributed by atoms with Crippen LogP contribution in [0, 0.1) is 0 Å². The van der Waals surface area contributed by atoms with Crippen molar-refractivity contribution in [2.45, 2.75) is 25.9 Å². The van der Waals surface area contributed by atoms with Crippen molar-refractivity contribution >= 4 is 29.9 Å². The molecule has 0 spiro atoms. The number of allylic oxidation sites excluding steroid dienone is 1. The molecule has 0 amide bonds. The summed E-state index contributed by atoms with van der Waals surface area (Å²) < 4.78 is 5.58. The third-order valence-corrected chi connectivity index (χ3v) is 3.46. The Morgan fingerprint density at radius 1 is 1.39 bits per heavy atom. The first-order valence-corrected chi connectivity index (χ1v) is 7.91. The molecule has 0 saturated carbocycles. The van der Waals surface area contributed by atoms with Crippen LogP contribution in [0.25, 0.3) is 0 Å².